The number of nitrogens with zero attached hydrogens (tertiary/aromatic N) is 4. The van der Waals surface area contributed by atoms with Crippen LogP contribution in [0.2, 0.25) is 0 Å². The van der Waals surface area contributed by atoms with Crippen LogP contribution in [0.15, 0.2) is 35.1 Å². The maximum atomic E-state index is 12.2. The fourth-order valence-corrected chi connectivity index (χ4v) is 4.08. The van der Waals surface area contributed by atoms with Crippen LogP contribution in [0.3, 0.4) is 0 Å². The molecule has 0 saturated carbocycles. The Morgan fingerprint density at radius 2 is 2.30 bits per heavy atom. The van der Waals surface area contributed by atoms with E-state index in [1.54, 1.807) is 23.7 Å². The van der Waals surface area contributed by atoms with E-state index in [0.29, 0.717) is 18.8 Å². The number of H-pyrrole nitrogens is 1. The molecule has 0 spiro atoms. The van der Waals surface area contributed by atoms with Crippen molar-refractivity contribution in [3.63, 3.8) is 0 Å². The van der Waals surface area contributed by atoms with Gasteiger partial charge >= 0.3 is 0 Å². The molecule has 3 rings (SSSR count). The Morgan fingerprint density at radius 1 is 1.48 bits per heavy atom. The Balaban J connectivity index is 1.50. The Labute approximate surface area is 143 Å². The van der Waals surface area contributed by atoms with Crippen molar-refractivity contribution >= 4 is 29.0 Å². The number of hydrogen-bond donors (Lipinski definition) is 1. The molecule has 0 aromatic carbocycles. The van der Waals surface area contributed by atoms with E-state index < -0.39 is 0 Å². The predicted octanol–water partition coefficient (Wildman–Crippen LogP) is 1.97. The van der Waals surface area contributed by atoms with Crippen LogP contribution in [0.4, 0.5) is 0 Å². The summed E-state index contributed by atoms with van der Waals surface area (Å²) in [6.45, 7) is 2.79. The second-order valence-electron chi connectivity index (χ2n) is 5.15. The van der Waals surface area contributed by atoms with Crippen molar-refractivity contribution in [3.8, 4) is 6.07 Å². The molecule has 2 aromatic heterocycles. The van der Waals surface area contributed by atoms with Crippen LogP contribution in [0, 0.1) is 11.3 Å². The minimum absolute atomic E-state index is 0.121. The maximum absolute atomic E-state index is 12.2. The fourth-order valence-electron chi connectivity index (χ4n) is 2.55. The normalized spacial score (nSPS) is 16.9. The third-order valence-electron chi connectivity index (χ3n) is 3.77. The monoisotopic (exact) mass is 347 g/mol. The van der Waals surface area contributed by atoms with Gasteiger partial charge in [0.25, 0.3) is 0 Å². The average molecular weight is 347 g/mol. The number of amides is 1. The Morgan fingerprint density at radius 3 is 2.91 bits per heavy atom. The molecule has 8 heteroatoms. The second-order valence-corrected chi connectivity index (χ2v) is 7.09. The molecule has 120 valence electrons. The van der Waals surface area contributed by atoms with E-state index in [1.807, 2.05) is 22.4 Å². The van der Waals surface area contributed by atoms with Crippen LogP contribution < -0.4 is 0 Å². The summed E-state index contributed by atoms with van der Waals surface area (Å²) in [4.78, 5) is 24.4. The molecule has 1 saturated heterocycles. The maximum Gasteiger partial charge on any atom is 0.233 e. The average Bonchev–Trinajstić information content (AvgIpc) is 3.28. The quantitative estimate of drug-likeness (QED) is 0.837. The lowest BCUT2D eigenvalue weighted by Crippen LogP contribution is -2.49. The van der Waals surface area contributed by atoms with Crippen molar-refractivity contribution in [1.82, 2.24) is 19.8 Å². The highest BCUT2D eigenvalue weighted by molar-refractivity contribution is 7.99. The number of carbonyl (C=O) groups is 1. The fraction of sp³-hybridized carbons (Fsp3) is 0.400. The Hall–Kier alpha value is -1.82. The van der Waals surface area contributed by atoms with Gasteiger partial charge in [-0.3, -0.25) is 9.69 Å². The summed E-state index contributed by atoms with van der Waals surface area (Å²) < 4.78 is 0. The van der Waals surface area contributed by atoms with Gasteiger partial charge in [-0.25, -0.2) is 4.98 Å². The van der Waals surface area contributed by atoms with Gasteiger partial charge in [0.2, 0.25) is 5.91 Å². The molecule has 0 unspecified atom stereocenters. The van der Waals surface area contributed by atoms with Gasteiger partial charge < -0.3 is 9.88 Å². The zero-order chi connectivity index (χ0) is 16.1. The van der Waals surface area contributed by atoms with Crippen LogP contribution in [-0.4, -0.2) is 57.6 Å². The van der Waals surface area contributed by atoms with E-state index in [2.05, 4.69) is 20.9 Å². The second kappa shape index (κ2) is 7.64. The summed E-state index contributed by atoms with van der Waals surface area (Å²) in [6.07, 6.45) is 3.43. The summed E-state index contributed by atoms with van der Waals surface area (Å²) in [5, 5.41) is 12.2. The number of rotatable bonds is 5. The summed E-state index contributed by atoms with van der Waals surface area (Å²) in [7, 11) is 0. The smallest absolute Gasteiger partial charge is 0.233 e. The molecule has 1 amide bonds. The highest BCUT2D eigenvalue weighted by Crippen LogP contribution is 2.25. The SMILES string of the molecule is N#C[C@@H](c1cccs1)N1CCN(C(=O)CSc2ncc[nH]2)CC1. The molecule has 1 atom stereocenters. The van der Waals surface area contributed by atoms with E-state index in [-0.39, 0.29) is 11.9 Å². The Kier molecular flexibility index (Phi) is 5.33. The summed E-state index contributed by atoms with van der Waals surface area (Å²) in [5.74, 6) is 0.510. The number of imidazole rings is 1. The van der Waals surface area contributed by atoms with Gasteiger partial charge in [-0.05, 0) is 11.4 Å². The molecule has 1 aliphatic heterocycles. The van der Waals surface area contributed by atoms with Gasteiger partial charge in [0, 0.05) is 43.4 Å². The van der Waals surface area contributed by atoms with Gasteiger partial charge in [0.1, 0.15) is 6.04 Å². The van der Waals surface area contributed by atoms with Gasteiger partial charge in [-0.1, -0.05) is 17.8 Å². The van der Waals surface area contributed by atoms with Crippen LogP contribution in [0.5, 0.6) is 0 Å². The third-order valence-corrected chi connectivity index (χ3v) is 5.59. The Bertz CT molecular complexity index is 657. The molecule has 1 N–H and O–H groups in total. The highest BCUT2D eigenvalue weighted by atomic mass is 32.2. The summed E-state index contributed by atoms with van der Waals surface area (Å²) >= 11 is 3.02. The van der Waals surface area contributed by atoms with Crippen LogP contribution in [0.1, 0.15) is 10.9 Å². The molecule has 23 heavy (non-hydrogen) atoms. The highest BCUT2D eigenvalue weighted by Gasteiger charge is 2.27. The molecule has 0 bridgehead atoms. The van der Waals surface area contributed by atoms with Crippen molar-refractivity contribution in [3.05, 3.63) is 34.8 Å². The zero-order valence-electron chi connectivity index (χ0n) is 12.5. The number of aromatic amines is 1. The molecular formula is C15H17N5OS2. The molecule has 3 heterocycles. The van der Waals surface area contributed by atoms with E-state index in [1.165, 1.54) is 11.8 Å². The van der Waals surface area contributed by atoms with Crippen molar-refractivity contribution < 1.29 is 4.79 Å². The van der Waals surface area contributed by atoms with E-state index in [9.17, 15) is 10.1 Å². The molecule has 2 aromatic rings. The van der Waals surface area contributed by atoms with E-state index in [4.69, 9.17) is 0 Å². The standard InChI is InChI=1S/C15H17N5OS2/c16-10-12(13-2-1-9-22-13)19-5-7-20(8-6-19)14(21)11-23-15-17-3-4-18-15/h1-4,9,12H,5-8,11H2,(H,17,18)/t12-/m0/s1. The summed E-state index contributed by atoms with van der Waals surface area (Å²) in [6, 6.07) is 6.14. The predicted molar refractivity (Wildman–Crippen MR) is 90.1 cm³/mol. The lowest BCUT2D eigenvalue weighted by molar-refractivity contribution is -0.130. The van der Waals surface area contributed by atoms with E-state index in [0.717, 1.165) is 23.1 Å². The number of thioether (sulfide) groups is 1. The number of nitriles is 1. The van der Waals surface area contributed by atoms with Crippen LogP contribution in [-0.2, 0) is 4.79 Å². The van der Waals surface area contributed by atoms with Crippen molar-refractivity contribution in [2.75, 3.05) is 31.9 Å². The minimum Gasteiger partial charge on any atom is -0.340 e. The van der Waals surface area contributed by atoms with Gasteiger partial charge in [0.15, 0.2) is 5.16 Å². The number of thiophene rings is 1. The van der Waals surface area contributed by atoms with Crippen molar-refractivity contribution in [1.29, 1.82) is 5.26 Å². The molecule has 1 aliphatic rings. The van der Waals surface area contributed by atoms with Gasteiger partial charge in [0.05, 0.1) is 11.8 Å². The molecular weight excluding hydrogens is 330 g/mol. The van der Waals surface area contributed by atoms with E-state index >= 15 is 0 Å². The first kappa shape index (κ1) is 16.1. The number of nitrogens with one attached hydrogen (secondary N) is 1. The lowest BCUT2D eigenvalue weighted by Gasteiger charge is -2.36. The molecule has 0 aliphatic carbocycles. The first-order chi connectivity index (χ1) is 11.3. The van der Waals surface area contributed by atoms with Crippen LogP contribution in [0.25, 0.3) is 0 Å². The zero-order valence-corrected chi connectivity index (χ0v) is 14.1. The van der Waals surface area contributed by atoms with Crippen molar-refractivity contribution in [2.24, 2.45) is 0 Å². The topological polar surface area (TPSA) is 76.0 Å². The molecule has 6 nitrogen and oxygen atoms in total. The lowest BCUT2D eigenvalue weighted by atomic mass is 10.2. The number of aromatic nitrogens is 2. The molecule has 0 radical (unpaired) electrons. The number of hydrogen-bond acceptors (Lipinski definition) is 6. The van der Waals surface area contributed by atoms with Crippen LogP contribution >= 0.6 is 23.1 Å². The van der Waals surface area contributed by atoms with Gasteiger partial charge in [-0.15, -0.1) is 11.3 Å². The third kappa shape index (κ3) is 3.93. The van der Waals surface area contributed by atoms with Crippen molar-refractivity contribution in [2.45, 2.75) is 11.2 Å². The number of carbonyl (C=O) groups excluding carboxylic acids is 1. The number of piperazine rings is 1. The van der Waals surface area contributed by atoms with Gasteiger partial charge in [-0.2, -0.15) is 5.26 Å². The minimum atomic E-state index is -0.204. The molecule has 1 fully saturated rings. The summed E-state index contributed by atoms with van der Waals surface area (Å²) in [5.41, 5.74) is 0. The first-order valence-electron chi connectivity index (χ1n) is 7.35. The first-order valence-corrected chi connectivity index (χ1v) is 9.21. The largest absolute Gasteiger partial charge is 0.340 e.